The Hall–Kier alpha value is -4.84. The number of alkyl halides is 3. The maximum Gasteiger partial charge on any atom is 0.405 e. The summed E-state index contributed by atoms with van der Waals surface area (Å²) < 4.78 is 52.0. The first-order valence-corrected chi connectivity index (χ1v) is 21.2. The van der Waals surface area contributed by atoms with Crippen LogP contribution in [0.1, 0.15) is 48.2 Å². The van der Waals surface area contributed by atoms with Crippen LogP contribution in [0.5, 0.6) is 5.75 Å². The molecule has 61 heavy (non-hydrogen) atoms. The fraction of sp³-hybridized carbons (Fsp3) is 0.409. The molecule has 5 aromatic rings. The molecule has 0 radical (unpaired) electrons. The highest BCUT2D eigenvalue weighted by atomic mass is 35.5. The molecule has 7 rings (SSSR count). The van der Waals surface area contributed by atoms with E-state index >= 15 is 0 Å². The van der Waals surface area contributed by atoms with E-state index in [1.165, 1.54) is 11.3 Å². The van der Waals surface area contributed by atoms with E-state index in [1.807, 2.05) is 43.9 Å². The van der Waals surface area contributed by atoms with Gasteiger partial charge in [-0.25, -0.2) is 4.98 Å². The number of pyridine rings is 1. The van der Waals surface area contributed by atoms with E-state index in [-0.39, 0.29) is 39.1 Å². The minimum atomic E-state index is -4.63. The number of halogens is 4. The van der Waals surface area contributed by atoms with Crippen molar-refractivity contribution < 1.29 is 42.1 Å². The predicted molar refractivity (Wildman–Crippen MR) is 225 cm³/mol. The van der Waals surface area contributed by atoms with Gasteiger partial charge in [0.05, 0.1) is 22.6 Å². The molecule has 1 fully saturated rings. The number of aliphatic hydroxyl groups is 2. The molecular formula is C44H48ClF3N6O6S. The van der Waals surface area contributed by atoms with Gasteiger partial charge in [-0.1, -0.05) is 41.9 Å². The fourth-order valence-corrected chi connectivity index (χ4v) is 9.06. The lowest BCUT2D eigenvalue weighted by atomic mass is 9.92. The number of carbonyl (C=O) groups is 2. The van der Waals surface area contributed by atoms with Crippen molar-refractivity contribution in [3.63, 3.8) is 0 Å². The van der Waals surface area contributed by atoms with Crippen LogP contribution >= 0.6 is 22.9 Å². The van der Waals surface area contributed by atoms with Gasteiger partial charge in [-0.3, -0.25) is 24.4 Å². The van der Waals surface area contributed by atoms with Crippen molar-refractivity contribution in [2.24, 2.45) is 5.92 Å². The van der Waals surface area contributed by atoms with E-state index in [9.17, 15) is 33.0 Å². The lowest BCUT2D eigenvalue weighted by Gasteiger charge is -2.47. The highest BCUT2D eigenvalue weighted by molar-refractivity contribution is 7.15. The van der Waals surface area contributed by atoms with Crippen molar-refractivity contribution in [1.82, 2.24) is 30.4 Å². The average molecular weight is 881 g/mol. The number of nitrogens with one attached hydrogen (secondary N) is 2. The Labute approximate surface area is 360 Å². The second kappa shape index (κ2) is 18.6. The van der Waals surface area contributed by atoms with Crippen LogP contribution in [0.3, 0.4) is 0 Å². The molecule has 17 heteroatoms. The third kappa shape index (κ3) is 10.6. The molecule has 2 aromatic carbocycles. The van der Waals surface area contributed by atoms with Crippen LogP contribution in [0.25, 0.3) is 21.8 Å². The maximum absolute atomic E-state index is 14.2. The second-order valence-electron chi connectivity index (χ2n) is 16.0. The first kappa shape index (κ1) is 44.2. The number of nitrogens with zero attached hydrogens (tertiary/aromatic N) is 4. The van der Waals surface area contributed by atoms with Gasteiger partial charge in [0.1, 0.15) is 47.6 Å². The zero-order valence-corrected chi connectivity index (χ0v) is 35.4. The van der Waals surface area contributed by atoms with Gasteiger partial charge < -0.3 is 30.0 Å². The highest BCUT2D eigenvalue weighted by Crippen LogP contribution is 2.38. The van der Waals surface area contributed by atoms with Gasteiger partial charge in [0.15, 0.2) is 0 Å². The summed E-state index contributed by atoms with van der Waals surface area (Å²) in [7, 11) is 0. The quantitative estimate of drug-likeness (QED) is 0.0967. The van der Waals surface area contributed by atoms with Crippen LogP contribution < -0.4 is 15.4 Å². The Bertz CT molecular complexity index is 2300. The molecule has 5 atom stereocenters. The van der Waals surface area contributed by atoms with Crippen LogP contribution in [-0.4, -0.2) is 106 Å². The van der Waals surface area contributed by atoms with Crippen LogP contribution in [0.2, 0.25) is 5.02 Å². The Morgan fingerprint density at radius 3 is 2.57 bits per heavy atom. The molecule has 12 nitrogen and oxygen atoms in total. The van der Waals surface area contributed by atoms with Gasteiger partial charge in [0, 0.05) is 73.3 Å². The fourth-order valence-electron chi connectivity index (χ4n) is 7.89. The molecule has 0 saturated carbocycles. The number of furan rings is 1. The number of carbonyl (C=O) groups excluding carboxylic acids is 2. The molecule has 0 aliphatic carbocycles. The Morgan fingerprint density at radius 2 is 1.82 bits per heavy atom. The number of piperazine rings is 1. The van der Waals surface area contributed by atoms with E-state index in [4.69, 9.17) is 25.7 Å². The van der Waals surface area contributed by atoms with Gasteiger partial charge in [-0.05, 0) is 74.7 Å². The van der Waals surface area contributed by atoms with Crippen LogP contribution in [0, 0.1) is 12.8 Å². The molecule has 0 bridgehead atoms. The van der Waals surface area contributed by atoms with Crippen molar-refractivity contribution in [1.29, 1.82) is 0 Å². The van der Waals surface area contributed by atoms with E-state index < -0.39 is 60.3 Å². The van der Waals surface area contributed by atoms with Gasteiger partial charge in [-0.15, -0.1) is 11.3 Å². The van der Waals surface area contributed by atoms with E-state index in [0.29, 0.717) is 34.4 Å². The molecule has 5 unspecified atom stereocenters. The number of aryl methyl sites for hydroxylation is 1. The number of benzene rings is 2. The summed E-state index contributed by atoms with van der Waals surface area (Å²) in [4.78, 5) is 41.4. The lowest BCUT2D eigenvalue weighted by molar-refractivity contribution is -0.144. The summed E-state index contributed by atoms with van der Waals surface area (Å²) in [5.41, 5.74) is 2.55. The van der Waals surface area contributed by atoms with Crippen molar-refractivity contribution >= 4 is 34.8 Å². The van der Waals surface area contributed by atoms with Crippen LogP contribution in [0.4, 0.5) is 13.2 Å². The van der Waals surface area contributed by atoms with Gasteiger partial charge in [0.2, 0.25) is 11.8 Å². The van der Waals surface area contributed by atoms with Gasteiger partial charge >= 0.3 is 6.18 Å². The molecule has 2 aliphatic rings. The number of rotatable bonds is 14. The lowest BCUT2D eigenvalue weighted by Crippen LogP contribution is -2.63. The number of β-amino-alcohol motifs (C(OH)–C–C–N with tert-alkyl or cyclic N) is 1. The summed E-state index contributed by atoms with van der Waals surface area (Å²) in [6.45, 7) is 4.88. The van der Waals surface area contributed by atoms with Crippen molar-refractivity contribution in [2.75, 3.05) is 39.3 Å². The van der Waals surface area contributed by atoms with E-state index in [1.54, 1.807) is 72.0 Å². The molecule has 0 spiro atoms. The number of hydrogen-bond donors (Lipinski definition) is 4. The number of para-hydroxylation sites is 1. The number of hydrogen-bond acceptors (Lipinski definition) is 11. The van der Waals surface area contributed by atoms with E-state index in [0.717, 1.165) is 26.6 Å². The predicted octanol–water partition coefficient (Wildman–Crippen LogP) is 6.55. The third-order valence-corrected chi connectivity index (χ3v) is 12.9. The number of thiazole rings is 1. The summed E-state index contributed by atoms with van der Waals surface area (Å²) in [5.74, 6) is -0.610. The summed E-state index contributed by atoms with van der Waals surface area (Å²) in [6, 6.07) is 18.0. The zero-order valence-electron chi connectivity index (χ0n) is 33.9. The number of amides is 2. The normalized spacial score (nSPS) is 19.7. The molecule has 324 valence electrons. The molecule has 4 N–H and O–H groups in total. The van der Waals surface area contributed by atoms with Gasteiger partial charge in [0.25, 0.3) is 0 Å². The largest absolute Gasteiger partial charge is 0.490 e. The van der Waals surface area contributed by atoms with Crippen molar-refractivity contribution in [3.8, 4) is 27.5 Å². The summed E-state index contributed by atoms with van der Waals surface area (Å²) in [5, 5.41) is 29.1. The standard InChI is InChI=1S/C44H48ClF3N6O6S/c1-26-14-15-49-20-33(26)37-13-12-31(60-37)19-28(40(57)52-39-32-6-4-5-7-36(32)59-24-35(39)56)18-30(55)22-53-16-17-54(23-34(53)41(58)51-25-44(46,47)48)43(2,3)42-50-21-38(61-42)27-8-10-29(45)11-9-27/h4-15,20-21,28,30,34-35,39,55-56H,16-19,22-25H2,1-3H3,(H,51,58)(H,52,57). The molecule has 1 saturated heterocycles. The first-order valence-electron chi connectivity index (χ1n) is 20.0. The Kier molecular flexibility index (Phi) is 13.5. The molecular weight excluding hydrogens is 833 g/mol. The molecule has 3 aromatic heterocycles. The first-order chi connectivity index (χ1) is 29.1. The SMILES string of the molecule is Cc1ccncc1-c1ccc(CC(CC(O)CN2CCN(C(C)(C)c3ncc(-c4ccc(Cl)cc4)s3)CC2C(=O)NCC(F)(F)F)C(=O)NC2c3ccccc3OCC2O)o1. The smallest absolute Gasteiger partial charge is 0.405 e. The van der Waals surface area contributed by atoms with Crippen molar-refractivity contribution in [3.05, 3.63) is 112 Å². The number of aromatic nitrogens is 2. The number of fused-ring (bicyclic) bond motifs is 1. The van der Waals surface area contributed by atoms with Crippen LogP contribution in [-0.2, 0) is 21.5 Å². The highest BCUT2D eigenvalue weighted by Gasteiger charge is 2.42. The number of aliphatic hydroxyl groups excluding tert-OH is 2. The molecule has 2 amide bonds. The second-order valence-corrected chi connectivity index (χ2v) is 17.5. The topological polar surface area (TPSA) is 153 Å². The van der Waals surface area contributed by atoms with E-state index in [2.05, 4.69) is 15.6 Å². The zero-order chi connectivity index (χ0) is 43.5. The minimum Gasteiger partial charge on any atom is -0.490 e. The van der Waals surface area contributed by atoms with Crippen molar-refractivity contribution in [2.45, 2.75) is 69.6 Å². The van der Waals surface area contributed by atoms with Crippen LogP contribution in [0.15, 0.2) is 89.7 Å². The monoisotopic (exact) mass is 880 g/mol. The molecule has 5 heterocycles. The summed E-state index contributed by atoms with van der Waals surface area (Å²) >= 11 is 7.57. The average Bonchev–Trinajstić information content (AvgIpc) is 3.92. The van der Waals surface area contributed by atoms with Gasteiger partial charge in [-0.2, -0.15) is 13.2 Å². The Balaban J connectivity index is 1.10. The Morgan fingerprint density at radius 1 is 1.05 bits per heavy atom. The third-order valence-electron chi connectivity index (χ3n) is 11.3. The maximum atomic E-state index is 14.2. The molecule has 2 aliphatic heterocycles. The number of ether oxygens (including phenoxy) is 1. The summed E-state index contributed by atoms with van der Waals surface area (Å²) in [6.07, 6.45) is -1.76. The minimum absolute atomic E-state index is 0.0338.